The lowest BCUT2D eigenvalue weighted by molar-refractivity contribution is -0.120. The quantitative estimate of drug-likeness (QED) is 0.694. The van der Waals surface area contributed by atoms with Crippen molar-refractivity contribution in [1.82, 2.24) is 5.32 Å². The van der Waals surface area contributed by atoms with Crippen molar-refractivity contribution in [2.45, 2.75) is 45.4 Å². The molecule has 19 heavy (non-hydrogen) atoms. The van der Waals surface area contributed by atoms with Crippen molar-refractivity contribution in [2.75, 3.05) is 13.7 Å². The van der Waals surface area contributed by atoms with Crippen molar-refractivity contribution in [3.63, 3.8) is 0 Å². The summed E-state index contributed by atoms with van der Waals surface area (Å²) < 4.78 is 5.24. The smallest absolute Gasteiger partial charge is 0.224 e. The molecule has 1 amide bonds. The molecule has 0 heterocycles. The Hall–Kier alpha value is -1.51. The van der Waals surface area contributed by atoms with Crippen LogP contribution < -0.4 is 10.1 Å². The van der Waals surface area contributed by atoms with Crippen molar-refractivity contribution in [3.8, 4) is 5.75 Å². The van der Waals surface area contributed by atoms with E-state index in [-0.39, 0.29) is 5.91 Å². The maximum absolute atomic E-state index is 11.8. The van der Waals surface area contributed by atoms with Crippen LogP contribution in [0.2, 0.25) is 0 Å². The van der Waals surface area contributed by atoms with Gasteiger partial charge >= 0.3 is 0 Å². The molecule has 0 bridgehead atoms. The van der Waals surface area contributed by atoms with Crippen molar-refractivity contribution < 1.29 is 9.53 Å². The van der Waals surface area contributed by atoms with Gasteiger partial charge in [-0.1, -0.05) is 50.8 Å². The molecular weight excluding hydrogens is 238 g/mol. The molecule has 1 N–H and O–H groups in total. The monoisotopic (exact) mass is 263 g/mol. The lowest BCUT2D eigenvalue weighted by atomic mass is 10.1. The third kappa shape index (κ3) is 6.27. The van der Waals surface area contributed by atoms with Crippen molar-refractivity contribution >= 4 is 5.91 Å². The second kappa shape index (κ2) is 9.42. The Morgan fingerprint density at radius 3 is 2.63 bits per heavy atom. The normalized spacial score (nSPS) is 10.2. The lowest BCUT2D eigenvalue weighted by Crippen LogP contribution is -2.26. The fraction of sp³-hybridized carbons (Fsp3) is 0.562. The fourth-order valence-corrected chi connectivity index (χ4v) is 2.04. The van der Waals surface area contributed by atoms with Gasteiger partial charge in [-0.2, -0.15) is 0 Å². The first-order valence-corrected chi connectivity index (χ1v) is 7.16. The zero-order chi connectivity index (χ0) is 13.9. The number of nitrogens with one attached hydrogen (secondary N) is 1. The molecule has 0 radical (unpaired) electrons. The first-order chi connectivity index (χ1) is 9.27. The van der Waals surface area contributed by atoms with E-state index in [0.29, 0.717) is 6.42 Å². The number of unbranched alkanes of at least 4 members (excludes halogenated alkanes) is 4. The van der Waals surface area contributed by atoms with Crippen LogP contribution in [0.25, 0.3) is 0 Å². The maximum atomic E-state index is 11.8. The topological polar surface area (TPSA) is 38.3 Å². The molecule has 0 aliphatic heterocycles. The predicted molar refractivity (Wildman–Crippen MR) is 78.5 cm³/mol. The number of hydrogen-bond donors (Lipinski definition) is 1. The summed E-state index contributed by atoms with van der Waals surface area (Å²) in [5, 5.41) is 2.96. The van der Waals surface area contributed by atoms with E-state index in [2.05, 4.69) is 12.2 Å². The van der Waals surface area contributed by atoms with Gasteiger partial charge in [-0.3, -0.25) is 4.79 Å². The fourth-order valence-electron chi connectivity index (χ4n) is 2.04. The van der Waals surface area contributed by atoms with Crippen LogP contribution in [0.4, 0.5) is 0 Å². The van der Waals surface area contributed by atoms with E-state index in [9.17, 15) is 4.79 Å². The first kappa shape index (κ1) is 15.5. The highest BCUT2D eigenvalue weighted by molar-refractivity contribution is 5.79. The van der Waals surface area contributed by atoms with Crippen molar-refractivity contribution in [2.24, 2.45) is 0 Å². The van der Waals surface area contributed by atoms with Gasteiger partial charge in [-0.15, -0.1) is 0 Å². The molecule has 0 unspecified atom stereocenters. The molecule has 0 aromatic heterocycles. The highest BCUT2D eigenvalue weighted by atomic mass is 16.5. The number of ether oxygens (including phenoxy) is 1. The minimum absolute atomic E-state index is 0.0694. The summed E-state index contributed by atoms with van der Waals surface area (Å²) in [7, 11) is 1.63. The molecule has 1 aromatic carbocycles. The largest absolute Gasteiger partial charge is 0.496 e. The summed E-state index contributed by atoms with van der Waals surface area (Å²) in [6.07, 6.45) is 6.45. The Morgan fingerprint density at radius 2 is 1.89 bits per heavy atom. The van der Waals surface area contributed by atoms with Crippen LogP contribution in [-0.4, -0.2) is 19.6 Å². The number of carbonyl (C=O) groups is 1. The predicted octanol–water partition coefficient (Wildman–Crippen LogP) is 3.32. The zero-order valence-electron chi connectivity index (χ0n) is 12.1. The summed E-state index contributed by atoms with van der Waals surface area (Å²) in [4.78, 5) is 11.8. The van der Waals surface area contributed by atoms with E-state index >= 15 is 0 Å². The van der Waals surface area contributed by atoms with Gasteiger partial charge in [0.1, 0.15) is 5.75 Å². The molecule has 3 nitrogen and oxygen atoms in total. The molecule has 0 spiro atoms. The van der Waals surface area contributed by atoms with Gasteiger partial charge in [0.25, 0.3) is 0 Å². The zero-order valence-corrected chi connectivity index (χ0v) is 12.1. The Morgan fingerprint density at radius 1 is 1.16 bits per heavy atom. The van der Waals surface area contributed by atoms with E-state index < -0.39 is 0 Å². The number of methoxy groups -OCH3 is 1. The van der Waals surface area contributed by atoms with Gasteiger partial charge in [0.05, 0.1) is 13.5 Å². The average molecular weight is 263 g/mol. The van der Waals surface area contributed by atoms with Gasteiger partial charge in [-0.25, -0.2) is 0 Å². The molecule has 0 aliphatic rings. The summed E-state index contributed by atoms with van der Waals surface area (Å²) in [5.74, 6) is 0.848. The van der Waals surface area contributed by atoms with Gasteiger partial charge in [0, 0.05) is 12.1 Å². The highest BCUT2D eigenvalue weighted by Crippen LogP contribution is 2.17. The average Bonchev–Trinajstić information content (AvgIpc) is 2.43. The Bertz CT molecular complexity index is 377. The Kier molecular flexibility index (Phi) is 7.71. The van der Waals surface area contributed by atoms with Crippen molar-refractivity contribution in [1.29, 1.82) is 0 Å². The molecule has 1 rings (SSSR count). The van der Waals surface area contributed by atoms with Crippen LogP contribution in [-0.2, 0) is 11.2 Å². The van der Waals surface area contributed by atoms with Gasteiger partial charge in [-0.05, 0) is 12.5 Å². The number of carbonyl (C=O) groups excluding carboxylic acids is 1. The van der Waals surface area contributed by atoms with Crippen LogP contribution in [0.5, 0.6) is 5.75 Å². The summed E-state index contributed by atoms with van der Waals surface area (Å²) in [5.41, 5.74) is 0.938. The van der Waals surface area contributed by atoms with E-state index in [1.165, 1.54) is 25.7 Å². The number of hydrogen-bond acceptors (Lipinski definition) is 2. The van der Waals surface area contributed by atoms with Crippen LogP contribution in [0, 0.1) is 0 Å². The summed E-state index contributed by atoms with van der Waals surface area (Å²) >= 11 is 0. The summed E-state index contributed by atoms with van der Waals surface area (Å²) in [6, 6.07) is 7.65. The minimum Gasteiger partial charge on any atom is -0.496 e. The third-order valence-corrected chi connectivity index (χ3v) is 3.15. The molecule has 106 valence electrons. The Balaban J connectivity index is 2.23. The maximum Gasteiger partial charge on any atom is 0.224 e. The molecule has 0 fully saturated rings. The van der Waals surface area contributed by atoms with Crippen LogP contribution in [0.1, 0.15) is 44.6 Å². The molecule has 0 saturated heterocycles. The number of rotatable bonds is 9. The second-order valence-electron chi connectivity index (χ2n) is 4.75. The van der Waals surface area contributed by atoms with Gasteiger partial charge < -0.3 is 10.1 Å². The summed E-state index contributed by atoms with van der Waals surface area (Å²) in [6.45, 7) is 2.98. The Labute approximate surface area is 116 Å². The number of para-hydroxylation sites is 1. The van der Waals surface area contributed by atoms with Gasteiger partial charge in [0.15, 0.2) is 0 Å². The van der Waals surface area contributed by atoms with E-state index in [1.807, 2.05) is 24.3 Å². The van der Waals surface area contributed by atoms with Crippen LogP contribution in [0.15, 0.2) is 24.3 Å². The molecule has 1 aromatic rings. The number of amides is 1. The highest BCUT2D eigenvalue weighted by Gasteiger charge is 2.07. The molecule has 0 saturated carbocycles. The molecule has 3 heteroatoms. The van der Waals surface area contributed by atoms with E-state index in [1.54, 1.807) is 7.11 Å². The third-order valence-electron chi connectivity index (χ3n) is 3.15. The lowest BCUT2D eigenvalue weighted by Gasteiger charge is -2.08. The van der Waals surface area contributed by atoms with E-state index in [4.69, 9.17) is 4.74 Å². The molecule has 0 aliphatic carbocycles. The van der Waals surface area contributed by atoms with Gasteiger partial charge in [0.2, 0.25) is 5.91 Å². The van der Waals surface area contributed by atoms with E-state index in [0.717, 1.165) is 24.3 Å². The second-order valence-corrected chi connectivity index (χ2v) is 4.75. The van der Waals surface area contributed by atoms with Crippen LogP contribution >= 0.6 is 0 Å². The molecule has 0 atom stereocenters. The van der Waals surface area contributed by atoms with Crippen molar-refractivity contribution in [3.05, 3.63) is 29.8 Å². The molecular formula is C16H25NO2. The first-order valence-electron chi connectivity index (χ1n) is 7.16. The standard InChI is InChI=1S/C16H25NO2/c1-3-4-5-6-9-12-17-16(18)13-14-10-7-8-11-15(14)19-2/h7-8,10-11H,3-6,9,12-13H2,1-2H3,(H,17,18). The minimum atomic E-state index is 0.0694. The van der Waals surface area contributed by atoms with Crippen LogP contribution in [0.3, 0.4) is 0 Å². The SMILES string of the molecule is CCCCCCCNC(=O)Cc1ccccc1OC. The number of benzene rings is 1.